The second-order valence-electron chi connectivity index (χ2n) is 6.90. The van der Waals surface area contributed by atoms with Crippen LogP contribution in [0.2, 0.25) is 0 Å². The molecule has 2 N–H and O–H groups in total. The van der Waals surface area contributed by atoms with Crippen molar-refractivity contribution in [3.05, 3.63) is 59.8 Å². The van der Waals surface area contributed by atoms with Gasteiger partial charge in [-0.25, -0.2) is 4.98 Å². The summed E-state index contributed by atoms with van der Waals surface area (Å²) < 4.78 is 5.67. The Balaban J connectivity index is 2.07. The smallest absolute Gasteiger partial charge is 0.253 e. The highest BCUT2D eigenvalue weighted by atomic mass is 16.5. The van der Waals surface area contributed by atoms with Crippen molar-refractivity contribution >= 4 is 5.91 Å². The number of amides is 1. The zero-order chi connectivity index (χ0) is 18.3. The van der Waals surface area contributed by atoms with Crippen molar-refractivity contribution in [1.29, 1.82) is 0 Å². The topological polar surface area (TPSA) is 71.5 Å². The summed E-state index contributed by atoms with van der Waals surface area (Å²) in [7, 11) is 0. The van der Waals surface area contributed by atoms with Gasteiger partial charge in [0.15, 0.2) is 0 Å². The zero-order valence-electron chi connectivity index (χ0n) is 15.0. The number of aliphatic hydroxyl groups is 1. The number of benzene rings is 1. The Bertz CT molecular complexity index is 664. The molecule has 1 aromatic carbocycles. The van der Waals surface area contributed by atoms with E-state index in [4.69, 9.17) is 9.84 Å². The third-order valence-electron chi connectivity index (χ3n) is 3.57. The summed E-state index contributed by atoms with van der Waals surface area (Å²) in [5.74, 6) is 0.297. The molecule has 5 heteroatoms. The molecule has 0 saturated carbocycles. The molecule has 1 aromatic heterocycles. The van der Waals surface area contributed by atoms with Gasteiger partial charge >= 0.3 is 0 Å². The maximum atomic E-state index is 12.5. The first kappa shape index (κ1) is 18.9. The molecule has 0 radical (unpaired) electrons. The Kier molecular flexibility index (Phi) is 6.53. The van der Waals surface area contributed by atoms with E-state index < -0.39 is 0 Å². The monoisotopic (exact) mass is 342 g/mol. The van der Waals surface area contributed by atoms with Gasteiger partial charge in [0, 0.05) is 18.9 Å². The maximum absolute atomic E-state index is 12.5. The number of nitrogens with zero attached hydrogens (tertiary/aromatic N) is 1. The molecular formula is C20H26N2O3. The van der Waals surface area contributed by atoms with Gasteiger partial charge in [-0.05, 0) is 45.2 Å². The van der Waals surface area contributed by atoms with Crippen LogP contribution in [0.4, 0.5) is 0 Å². The zero-order valence-corrected chi connectivity index (χ0v) is 15.0. The SMILES string of the molecule is CC(C)(C)Oc1ccc(C(=O)NC(CCCO)c2ccccc2)cn1. The van der Waals surface area contributed by atoms with Gasteiger partial charge in [0.2, 0.25) is 5.88 Å². The second kappa shape index (κ2) is 8.62. The molecule has 0 bridgehead atoms. The van der Waals surface area contributed by atoms with Gasteiger partial charge in [-0.1, -0.05) is 30.3 Å². The summed E-state index contributed by atoms with van der Waals surface area (Å²) in [6.45, 7) is 5.93. The van der Waals surface area contributed by atoms with Crippen LogP contribution in [0.1, 0.15) is 55.6 Å². The lowest BCUT2D eigenvalue weighted by molar-refractivity contribution is 0.0931. The first-order valence-electron chi connectivity index (χ1n) is 8.51. The lowest BCUT2D eigenvalue weighted by atomic mass is 10.0. The van der Waals surface area contributed by atoms with Crippen LogP contribution in [0.25, 0.3) is 0 Å². The number of carbonyl (C=O) groups is 1. The molecule has 0 aliphatic heterocycles. The molecule has 0 fully saturated rings. The van der Waals surface area contributed by atoms with Crippen LogP contribution in [0.3, 0.4) is 0 Å². The van der Waals surface area contributed by atoms with E-state index in [-0.39, 0.29) is 24.2 Å². The van der Waals surface area contributed by atoms with Crippen molar-refractivity contribution in [3.8, 4) is 5.88 Å². The number of hydrogen-bond donors (Lipinski definition) is 2. The average molecular weight is 342 g/mol. The molecule has 0 aliphatic rings. The number of nitrogens with one attached hydrogen (secondary N) is 1. The normalized spacial score (nSPS) is 12.5. The van der Waals surface area contributed by atoms with Crippen LogP contribution in [-0.2, 0) is 0 Å². The number of aliphatic hydroxyl groups excluding tert-OH is 1. The Hall–Kier alpha value is -2.40. The first-order chi connectivity index (χ1) is 11.9. The molecule has 1 unspecified atom stereocenters. The molecule has 2 aromatic rings. The number of hydrogen-bond acceptors (Lipinski definition) is 4. The van der Waals surface area contributed by atoms with Crippen LogP contribution < -0.4 is 10.1 Å². The van der Waals surface area contributed by atoms with Crippen LogP contribution in [0, 0.1) is 0 Å². The van der Waals surface area contributed by atoms with Gasteiger partial charge in [0.25, 0.3) is 5.91 Å². The van der Waals surface area contributed by atoms with Crippen molar-refractivity contribution in [2.75, 3.05) is 6.61 Å². The predicted octanol–water partition coefficient (Wildman–Crippen LogP) is 3.50. The number of carbonyl (C=O) groups excluding carboxylic acids is 1. The van der Waals surface area contributed by atoms with E-state index >= 15 is 0 Å². The van der Waals surface area contributed by atoms with E-state index in [1.807, 2.05) is 51.1 Å². The average Bonchev–Trinajstić information content (AvgIpc) is 2.58. The van der Waals surface area contributed by atoms with E-state index in [1.165, 1.54) is 6.20 Å². The van der Waals surface area contributed by atoms with Gasteiger partial charge in [-0.2, -0.15) is 0 Å². The third kappa shape index (κ3) is 6.19. The van der Waals surface area contributed by atoms with Gasteiger partial charge in [-0.3, -0.25) is 4.79 Å². The molecule has 25 heavy (non-hydrogen) atoms. The highest BCUT2D eigenvalue weighted by Crippen LogP contribution is 2.20. The van der Waals surface area contributed by atoms with E-state index in [0.29, 0.717) is 24.3 Å². The van der Waals surface area contributed by atoms with E-state index in [9.17, 15) is 4.79 Å². The molecule has 2 rings (SSSR count). The summed E-state index contributed by atoms with van der Waals surface area (Å²) >= 11 is 0. The van der Waals surface area contributed by atoms with Crippen molar-refractivity contribution in [1.82, 2.24) is 10.3 Å². The maximum Gasteiger partial charge on any atom is 0.253 e. The molecule has 1 amide bonds. The minimum Gasteiger partial charge on any atom is -0.472 e. The predicted molar refractivity (Wildman–Crippen MR) is 97.6 cm³/mol. The number of rotatable bonds is 7. The fraction of sp³-hybridized carbons (Fsp3) is 0.400. The van der Waals surface area contributed by atoms with Crippen molar-refractivity contribution in [2.45, 2.75) is 45.3 Å². The van der Waals surface area contributed by atoms with Gasteiger partial charge < -0.3 is 15.2 Å². The molecule has 0 spiro atoms. The molecule has 0 saturated heterocycles. The third-order valence-corrected chi connectivity index (χ3v) is 3.57. The highest BCUT2D eigenvalue weighted by Gasteiger charge is 2.17. The fourth-order valence-corrected chi connectivity index (χ4v) is 2.43. The van der Waals surface area contributed by atoms with E-state index in [1.54, 1.807) is 12.1 Å². The van der Waals surface area contributed by atoms with E-state index in [0.717, 1.165) is 5.56 Å². The number of ether oxygens (including phenoxy) is 1. The first-order valence-corrected chi connectivity index (χ1v) is 8.51. The molecule has 134 valence electrons. The van der Waals surface area contributed by atoms with Gasteiger partial charge in [-0.15, -0.1) is 0 Å². The van der Waals surface area contributed by atoms with Crippen molar-refractivity contribution in [3.63, 3.8) is 0 Å². The summed E-state index contributed by atoms with van der Waals surface area (Å²) in [4.78, 5) is 16.7. The lowest BCUT2D eigenvalue weighted by Crippen LogP contribution is -2.29. The largest absolute Gasteiger partial charge is 0.472 e. The number of aromatic nitrogens is 1. The van der Waals surface area contributed by atoms with Crippen LogP contribution >= 0.6 is 0 Å². The van der Waals surface area contributed by atoms with Crippen LogP contribution in [0.5, 0.6) is 5.88 Å². The van der Waals surface area contributed by atoms with Gasteiger partial charge in [0.1, 0.15) is 5.60 Å². The van der Waals surface area contributed by atoms with Crippen molar-refractivity contribution < 1.29 is 14.6 Å². The molecular weight excluding hydrogens is 316 g/mol. The Morgan fingerprint density at radius 1 is 1.20 bits per heavy atom. The minimum atomic E-state index is -0.334. The van der Waals surface area contributed by atoms with Crippen LogP contribution in [0.15, 0.2) is 48.7 Å². The highest BCUT2D eigenvalue weighted by molar-refractivity contribution is 5.94. The minimum absolute atomic E-state index is 0.0968. The standard InChI is InChI=1S/C20H26N2O3/c1-20(2,3)25-18-12-11-16(14-21-18)19(24)22-17(10-7-13-23)15-8-5-4-6-9-15/h4-6,8-9,11-12,14,17,23H,7,10,13H2,1-3H3,(H,22,24). The van der Waals surface area contributed by atoms with Gasteiger partial charge in [0.05, 0.1) is 11.6 Å². The quantitative estimate of drug-likeness (QED) is 0.808. The van der Waals surface area contributed by atoms with E-state index in [2.05, 4.69) is 10.3 Å². The molecule has 5 nitrogen and oxygen atoms in total. The molecule has 0 aliphatic carbocycles. The Labute approximate surface area is 149 Å². The Morgan fingerprint density at radius 3 is 2.48 bits per heavy atom. The number of pyridine rings is 1. The fourth-order valence-electron chi connectivity index (χ4n) is 2.43. The summed E-state index contributed by atoms with van der Waals surface area (Å²) in [6, 6.07) is 13.0. The lowest BCUT2D eigenvalue weighted by Gasteiger charge is -2.21. The Morgan fingerprint density at radius 2 is 1.92 bits per heavy atom. The second-order valence-corrected chi connectivity index (χ2v) is 6.90. The summed E-state index contributed by atoms with van der Waals surface area (Å²) in [5.41, 5.74) is 1.16. The molecule has 1 atom stereocenters. The molecule has 1 heterocycles. The van der Waals surface area contributed by atoms with Crippen LogP contribution in [-0.4, -0.2) is 28.2 Å². The summed E-state index contributed by atoms with van der Waals surface area (Å²) in [6.07, 6.45) is 2.81. The van der Waals surface area contributed by atoms with Crippen molar-refractivity contribution in [2.24, 2.45) is 0 Å². The summed E-state index contributed by atoms with van der Waals surface area (Å²) in [5, 5.41) is 12.1.